The van der Waals surface area contributed by atoms with Gasteiger partial charge in [-0.1, -0.05) is 11.8 Å². The van der Waals surface area contributed by atoms with Gasteiger partial charge < -0.3 is 15.2 Å². The normalized spacial score (nSPS) is 21.1. The standard InChI is InChI=1S/C12H13N3O3S/c1-7-11(17)14-12(19-7)15-13-6-8-3-4-9(16)10(5-8)18-2/h3-7,16H,1-2H3,(H,14,15,17). The van der Waals surface area contributed by atoms with Crippen molar-refractivity contribution in [1.29, 1.82) is 0 Å². The Morgan fingerprint density at radius 1 is 1.53 bits per heavy atom. The van der Waals surface area contributed by atoms with E-state index in [4.69, 9.17) is 4.74 Å². The number of amides is 1. The second kappa shape index (κ2) is 5.75. The Morgan fingerprint density at radius 3 is 2.95 bits per heavy atom. The number of hydrogen-bond acceptors (Lipinski definition) is 6. The van der Waals surface area contributed by atoms with Crippen molar-refractivity contribution >= 4 is 29.1 Å². The number of phenolic OH excluding ortho intramolecular Hbond substituents is 1. The maximum atomic E-state index is 11.2. The van der Waals surface area contributed by atoms with Crippen LogP contribution in [0.25, 0.3) is 0 Å². The fourth-order valence-corrected chi connectivity index (χ4v) is 2.18. The fourth-order valence-electron chi connectivity index (χ4n) is 1.43. The molecule has 1 saturated heterocycles. The van der Waals surface area contributed by atoms with Crippen molar-refractivity contribution in [1.82, 2.24) is 5.32 Å². The summed E-state index contributed by atoms with van der Waals surface area (Å²) in [6, 6.07) is 4.84. The predicted molar refractivity (Wildman–Crippen MR) is 74.9 cm³/mol. The van der Waals surface area contributed by atoms with Crippen molar-refractivity contribution < 1.29 is 14.6 Å². The first-order chi connectivity index (χ1) is 9.10. The quantitative estimate of drug-likeness (QED) is 0.646. The number of thioether (sulfide) groups is 1. The molecule has 1 aliphatic rings. The summed E-state index contributed by atoms with van der Waals surface area (Å²) < 4.78 is 4.98. The third-order valence-electron chi connectivity index (χ3n) is 2.45. The van der Waals surface area contributed by atoms with Crippen LogP contribution in [0.4, 0.5) is 0 Å². The zero-order valence-electron chi connectivity index (χ0n) is 10.5. The molecule has 100 valence electrons. The SMILES string of the molecule is COc1cc(C=NN=C2NC(=O)C(C)S2)ccc1O. The number of amidine groups is 1. The molecule has 1 aromatic rings. The smallest absolute Gasteiger partial charge is 0.239 e. The molecule has 6 nitrogen and oxygen atoms in total. The van der Waals surface area contributed by atoms with Gasteiger partial charge >= 0.3 is 0 Å². The summed E-state index contributed by atoms with van der Waals surface area (Å²) in [5.74, 6) is 0.373. The Balaban J connectivity index is 2.07. The van der Waals surface area contributed by atoms with Crippen molar-refractivity contribution in [3.63, 3.8) is 0 Å². The Bertz CT molecular complexity index is 557. The van der Waals surface area contributed by atoms with E-state index in [1.807, 2.05) is 0 Å². The molecular formula is C12H13N3O3S. The van der Waals surface area contributed by atoms with Gasteiger partial charge in [0.1, 0.15) is 0 Å². The molecule has 0 saturated carbocycles. The number of rotatable bonds is 3. The molecular weight excluding hydrogens is 266 g/mol. The molecule has 0 radical (unpaired) electrons. The molecule has 7 heteroatoms. The Hall–Kier alpha value is -2.02. The van der Waals surface area contributed by atoms with Crippen LogP contribution in [-0.4, -0.2) is 34.8 Å². The summed E-state index contributed by atoms with van der Waals surface area (Å²) in [6.07, 6.45) is 1.52. The van der Waals surface area contributed by atoms with Crippen LogP contribution in [0, 0.1) is 0 Å². The Morgan fingerprint density at radius 2 is 2.32 bits per heavy atom. The van der Waals surface area contributed by atoms with Crippen molar-refractivity contribution in [2.24, 2.45) is 10.2 Å². The summed E-state index contributed by atoms with van der Waals surface area (Å²) in [6.45, 7) is 1.80. The van der Waals surface area contributed by atoms with Gasteiger partial charge in [-0.2, -0.15) is 5.10 Å². The molecule has 1 atom stereocenters. The first-order valence-electron chi connectivity index (χ1n) is 5.55. The lowest BCUT2D eigenvalue weighted by Gasteiger charge is -2.02. The minimum Gasteiger partial charge on any atom is -0.504 e. The number of nitrogens with zero attached hydrogens (tertiary/aromatic N) is 2. The van der Waals surface area contributed by atoms with Crippen LogP contribution < -0.4 is 10.1 Å². The van der Waals surface area contributed by atoms with Crippen LogP contribution in [0.5, 0.6) is 11.5 Å². The lowest BCUT2D eigenvalue weighted by atomic mass is 10.2. The molecule has 0 spiro atoms. The fraction of sp³-hybridized carbons (Fsp3) is 0.250. The van der Waals surface area contributed by atoms with Crippen LogP contribution in [-0.2, 0) is 4.79 Å². The summed E-state index contributed by atoms with van der Waals surface area (Å²) >= 11 is 1.33. The molecule has 0 aliphatic carbocycles. The Labute approximate surface area is 114 Å². The van der Waals surface area contributed by atoms with E-state index in [-0.39, 0.29) is 16.9 Å². The van der Waals surface area contributed by atoms with Gasteiger partial charge in [0.25, 0.3) is 0 Å². The lowest BCUT2D eigenvalue weighted by molar-refractivity contribution is -0.118. The summed E-state index contributed by atoms with van der Waals surface area (Å²) in [5, 5.41) is 20.2. The van der Waals surface area contributed by atoms with E-state index in [0.717, 1.165) is 5.56 Å². The van der Waals surface area contributed by atoms with E-state index in [2.05, 4.69) is 15.5 Å². The maximum Gasteiger partial charge on any atom is 0.239 e. The van der Waals surface area contributed by atoms with E-state index >= 15 is 0 Å². The number of benzene rings is 1. The molecule has 1 amide bonds. The summed E-state index contributed by atoms with van der Waals surface area (Å²) in [5.41, 5.74) is 0.737. The molecule has 19 heavy (non-hydrogen) atoms. The third kappa shape index (κ3) is 3.25. The zero-order valence-corrected chi connectivity index (χ0v) is 11.3. The molecule has 1 fully saturated rings. The molecule has 0 aromatic heterocycles. The van der Waals surface area contributed by atoms with Crippen LogP contribution in [0.1, 0.15) is 12.5 Å². The maximum absolute atomic E-state index is 11.2. The van der Waals surface area contributed by atoms with Gasteiger partial charge in [0.05, 0.1) is 18.6 Å². The highest BCUT2D eigenvalue weighted by atomic mass is 32.2. The lowest BCUT2D eigenvalue weighted by Crippen LogP contribution is -2.23. The van der Waals surface area contributed by atoms with Gasteiger partial charge in [0, 0.05) is 0 Å². The minimum absolute atomic E-state index is 0.0646. The zero-order chi connectivity index (χ0) is 13.8. The van der Waals surface area contributed by atoms with Crippen LogP contribution in [0.3, 0.4) is 0 Å². The molecule has 2 rings (SSSR count). The summed E-state index contributed by atoms with van der Waals surface area (Å²) in [4.78, 5) is 11.2. The van der Waals surface area contributed by atoms with Gasteiger partial charge in [0.15, 0.2) is 16.7 Å². The largest absolute Gasteiger partial charge is 0.504 e. The molecule has 1 aromatic carbocycles. The second-order valence-electron chi connectivity index (χ2n) is 3.83. The number of hydrogen-bond donors (Lipinski definition) is 2. The van der Waals surface area contributed by atoms with E-state index in [1.165, 1.54) is 31.2 Å². The van der Waals surface area contributed by atoms with E-state index in [0.29, 0.717) is 10.9 Å². The number of aromatic hydroxyl groups is 1. The van der Waals surface area contributed by atoms with Gasteiger partial charge in [-0.25, -0.2) is 0 Å². The van der Waals surface area contributed by atoms with Crippen LogP contribution in [0.2, 0.25) is 0 Å². The van der Waals surface area contributed by atoms with Crippen LogP contribution in [0.15, 0.2) is 28.4 Å². The molecule has 2 N–H and O–H groups in total. The van der Waals surface area contributed by atoms with Crippen LogP contribution >= 0.6 is 11.8 Å². The number of nitrogens with one attached hydrogen (secondary N) is 1. The first-order valence-corrected chi connectivity index (χ1v) is 6.43. The van der Waals surface area contributed by atoms with Crippen molar-refractivity contribution in [3.8, 4) is 11.5 Å². The number of carbonyl (C=O) groups is 1. The first kappa shape index (κ1) is 13.4. The number of phenols is 1. The average molecular weight is 279 g/mol. The van der Waals surface area contributed by atoms with Gasteiger partial charge in [-0.05, 0) is 30.7 Å². The van der Waals surface area contributed by atoms with Crippen molar-refractivity contribution in [3.05, 3.63) is 23.8 Å². The highest BCUT2D eigenvalue weighted by molar-refractivity contribution is 8.15. The van der Waals surface area contributed by atoms with Gasteiger partial charge in [-0.3, -0.25) is 4.79 Å². The molecule has 1 unspecified atom stereocenters. The predicted octanol–water partition coefficient (Wildman–Crippen LogP) is 1.34. The minimum atomic E-state index is -0.136. The second-order valence-corrected chi connectivity index (χ2v) is 5.16. The number of methoxy groups -OCH3 is 1. The average Bonchev–Trinajstić information content (AvgIpc) is 2.71. The highest BCUT2D eigenvalue weighted by Crippen LogP contribution is 2.25. The van der Waals surface area contributed by atoms with E-state index < -0.39 is 0 Å². The van der Waals surface area contributed by atoms with E-state index in [9.17, 15) is 9.90 Å². The molecule has 0 bridgehead atoms. The molecule has 1 heterocycles. The monoisotopic (exact) mass is 279 g/mol. The number of ether oxygens (including phenoxy) is 1. The number of carbonyl (C=O) groups excluding carboxylic acids is 1. The summed E-state index contributed by atoms with van der Waals surface area (Å²) in [7, 11) is 1.47. The van der Waals surface area contributed by atoms with Gasteiger partial charge in [-0.15, -0.1) is 5.10 Å². The highest BCUT2D eigenvalue weighted by Gasteiger charge is 2.25. The Kier molecular flexibility index (Phi) is 4.06. The van der Waals surface area contributed by atoms with Crippen molar-refractivity contribution in [2.75, 3.05) is 7.11 Å². The topological polar surface area (TPSA) is 83.3 Å². The van der Waals surface area contributed by atoms with E-state index in [1.54, 1.807) is 19.1 Å². The van der Waals surface area contributed by atoms with Gasteiger partial charge in [0.2, 0.25) is 5.91 Å². The molecule has 1 aliphatic heterocycles. The van der Waals surface area contributed by atoms with Crippen molar-refractivity contribution in [2.45, 2.75) is 12.2 Å². The third-order valence-corrected chi connectivity index (χ3v) is 3.42.